The molecular weight excluding hydrogens is 635 g/mol. The van der Waals surface area contributed by atoms with E-state index in [1.165, 1.54) is 42.6 Å². The van der Waals surface area contributed by atoms with Gasteiger partial charge in [0, 0.05) is 29.9 Å². The van der Waals surface area contributed by atoms with Crippen molar-refractivity contribution in [3.8, 4) is 0 Å². The monoisotopic (exact) mass is 687 g/mol. The first kappa shape index (κ1) is 39.4. The third kappa shape index (κ3) is 12.1. The Morgan fingerprint density at radius 1 is 1.15 bits per heavy atom. The summed E-state index contributed by atoms with van der Waals surface area (Å²) in [6.45, 7) is 11.1. The van der Waals surface area contributed by atoms with Gasteiger partial charge in [0.2, 0.25) is 17.7 Å². The summed E-state index contributed by atoms with van der Waals surface area (Å²) in [5, 5.41) is 14.9. The lowest BCUT2D eigenvalue weighted by Crippen LogP contribution is -2.47. The molecule has 2 heterocycles. The van der Waals surface area contributed by atoms with E-state index in [0.717, 1.165) is 30.4 Å². The molecule has 3 unspecified atom stereocenters. The van der Waals surface area contributed by atoms with Gasteiger partial charge < -0.3 is 19.9 Å². The van der Waals surface area contributed by atoms with Crippen molar-refractivity contribution in [1.82, 2.24) is 10.6 Å². The van der Waals surface area contributed by atoms with Crippen LogP contribution in [0.1, 0.15) is 79.6 Å². The van der Waals surface area contributed by atoms with Crippen molar-refractivity contribution in [2.45, 2.75) is 104 Å². The summed E-state index contributed by atoms with van der Waals surface area (Å²) in [7, 11) is -3.02. The van der Waals surface area contributed by atoms with Crippen LogP contribution in [0.3, 0.4) is 0 Å². The van der Waals surface area contributed by atoms with Crippen molar-refractivity contribution in [3.63, 3.8) is 0 Å². The van der Waals surface area contributed by atoms with Crippen LogP contribution in [-0.2, 0) is 32.9 Å². The largest absolute Gasteiger partial charge is 0.695 e. The molecule has 3 rings (SSSR count). The molecule has 11 nitrogen and oxygen atoms in total. The van der Waals surface area contributed by atoms with Crippen molar-refractivity contribution >= 4 is 26.0 Å². The molecule has 0 aromatic heterocycles. The van der Waals surface area contributed by atoms with Crippen molar-refractivity contribution in [3.05, 3.63) is 70.9 Å². The Balaban J connectivity index is 1.38. The smallest absolute Gasteiger partial charge is 0.394 e. The topological polar surface area (TPSA) is 160 Å². The Kier molecular flexibility index (Phi) is 15.8. The maximum Gasteiger partial charge on any atom is 0.695 e. The Bertz CT molecular complexity index is 1360. The van der Waals surface area contributed by atoms with Crippen LogP contribution in [0.4, 0.5) is 0 Å². The standard InChI is InChI=1S/C36H51N2O9P/c1-24(15-17-28-26(3)14-11-19-36(28,4)5)12-10-13-25(2)22-31(41)37-20-8-6-7-9-21-45-34-32(27-16-18-30(40)38-35(27)42)46-29(23-39)33(34)47-48(43)44/h10,12-13,15-18,22,27,29,32-34,39H,6-9,11,14,19-21,23H2,1-5H3,(H2-,37,38,40,41,42,43,44)/p+1/b13-10+,17-15+,24-12+,25-22+/t27?,29-,32+,33?,34-/m1/s1. The number of allylic oxidation sites excluding steroid dienone is 9. The summed E-state index contributed by atoms with van der Waals surface area (Å²) >= 11 is 0. The third-order valence-corrected chi connectivity index (χ3v) is 9.33. The van der Waals surface area contributed by atoms with E-state index in [1.54, 1.807) is 6.08 Å². The number of nitrogens with one attached hydrogen (secondary N) is 2. The molecule has 12 heteroatoms. The van der Waals surface area contributed by atoms with Crippen LogP contribution in [0, 0.1) is 11.3 Å². The number of ether oxygens (including phenoxy) is 2. The molecule has 6 atom stereocenters. The molecule has 3 amide bonds. The lowest BCUT2D eigenvalue weighted by atomic mass is 9.72. The van der Waals surface area contributed by atoms with Crippen LogP contribution < -0.4 is 10.6 Å². The van der Waals surface area contributed by atoms with Crippen LogP contribution in [0.2, 0.25) is 0 Å². The van der Waals surface area contributed by atoms with Crippen LogP contribution in [0.5, 0.6) is 0 Å². The highest BCUT2D eigenvalue weighted by Gasteiger charge is 2.54. The second-order valence-corrected chi connectivity index (χ2v) is 14.0. The van der Waals surface area contributed by atoms with Crippen molar-refractivity contribution < 1.29 is 42.9 Å². The van der Waals surface area contributed by atoms with Gasteiger partial charge in [-0.2, -0.15) is 0 Å². The van der Waals surface area contributed by atoms with Crippen LogP contribution in [0.25, 0.3) is 0 Å². The zero-order chi connectivity index (χ0) is 35.3. The molecule has 0 bridgehead atoms. The summed E-state index contributed by atoms with van der Waals surface area (Å²) in [6, 6.07) is 0. The normalized spacial score (nSPS) is 26.9. The molecule has 0 aromatic rings. The maximum atomic E-state index is 12.4. The zero-order valence-electron chi connectivity index (χ0n) is 28.8. The summed E-state index contributed by atoms with van der Waals surface area (Å²) in [5.74, 6) is -2.18. The number of carbonyl (C=O) groups excluding carboxylic acids is 3. The first-order chi connectivity index (χ1) is 22.8. The van der Waals surface area contributed by atoms with E-state index in [1.807, 2.05) is 25.2 Å². The zero-order valence-corrected chi connectivity index (χ0v) is 29.7. The van der Waals surface area contributed by atoms with Crippen LogP contribution >= 0.6 is 8.25 Å². The average Bonchev–Trinajstić information content (AvgIpc) is 3.33. The van der Waals surface area contributed by atoms with Gasteiger partial charge >= 0.3 is 8.25 Å². The maximum absolute atomic E-state index is 12.4. The van der Waals surface area contributed by atoms with E-state index in [-0.39, 0.29) is 17.9 Å². The first-order valence-corrected chi connectivity index (χ1v) is 17.9. The summed E-state index contributed by atoms with van der Waals surface area (Å²) < 4.78 is 28.3. The molecule has 4 N–H and O–H groups in total. The minimum Gasteiger partial charge on any atom is -0.394 e. The third-order valence-electron chi connectivity index (χ3n) is 8.91. The van der Waals surface area contributed by atoms with Crippen molar-refractivity contribution in [1.29, 1.82) is 0 Å². The minimum absolute atomic E-state index is 0.149. The van der Waals surface area contributed by atoms with Gasteiger partial charge in [-0.25, -0.2) is 0 Å². The van der Waals surface area contributed by atoms with E-state index in [9.17, 15) is 28.9 Å². The van der Waals surface area contributed by atoms with Gasteiger partial charge in [0.1, 0.15) is 18.3 Å². The molecule has 0 saturated carbocycles. The molecule has 2 aliphatic heterocycles. The summed E-state index contributed by atoms with van der Waals surface area (Å²) in [6.07, 6.45) is 17.3. The molecular formula is C36H52N2O9P+. The lowest BCUT2D eigenvalue weighted by molar-refractivity contribution is -0.136. The molecule has 0 radical (unpaired) electrons. The fraction of sp³-hybridized carbons (Fsp3) is 0.583. The number of aliphatic hydroxyl groups is 1. The van der Waals surface area contributed by atoms with Gasteiger partial charge in [0.05, 0.1) is 12.5 Å². The lowest BCUT2D eigenvalue weighted by Gasteiger charge is -2.32. The average molecular weight is 688 g/mol. The van der Waals surface area contributed by atoms with E-state index in [0.29, 0.717) is 13.0 Å². The highest BCUT2D eigenvalue weighted by atomic mass is 31.1. The van der Waals surface area contributed by atoms with Gasteiger partial charge in [0.25, 0.3) is 0 Å². The highest BCUT2D eigenvalue weighted by molar-refractivity contribution is 7.32. The second kappa shape index (κ2) is 19.2. The van der Waals surface area contributed by atoms with Crippen molar-refractivity contribution in [2.75, 3.05) is 19.8 Å². The molecule has 3 aliphatic rings. The van der Waals surface area contributed by atoms with Gasteiger partial charge in [-0.1, -0.05) is 74.3 Å². The molecule has 0 spiro atoms. The number of hydrogen-bond acceptors (Lipinski definition) is 8. The van der Waals surface area contributed by atoms with Gasteiger partial charge in [-0.15, -0.1) is 9.42 Å². The van der Waals surface area contributed by atoms with E-state index in [2.05, 4.69) is 50.5 Å². The number of imide groups is 1. The fourth-order valence-electron chi connectivity index (χ4n) is 6.35. The quantitative estimate of drug-likeness (QED) is 0.0530. The molecule has 1 fully saturated rings. The molecule has 0 aromatic carbocycles. The van der Waals surface area contributed by atoms with Crippen LogP contribution in [-0.4, -0.2) is 71.9 Å². The van der Waals surface area contributed by atoms with E-state index < -0.39 is 57.0 Å². The number of hydrogen-bond donors (Lipinski definition) is 4. The fourth-order valence-corrected chi connectivity index (χ4v) is 6.81. The Morgan fingerprint density at radius 3 is 2.58 bits per heavy atom. The van der Waals surface area contributed by atoms with Gasteiger partial charge in [-0.3, -0.25) is 19.7 Å². The number of amides is 3. The number of rotatable bonds is 17. The molecule has 264 valence electrons. The van der Waals surface area contributed by atoms with Gasteiger partial charge in [0.15, 0.2) is 6.10 Å². The second-order valence-electron chi connectivity index (χ2n) is 13.3. The first-order valence-electron chi connectivity index (χ1n) is 16.8. The molecule has 1 aliphatic carbocycles. The van der Waals surface area contributed by atoms with E-state index >= 15 is 0 Å². The van der Waals surface area contributed by atoms with Crippen molar-refractivity contribution in [2.24, 2.45) is 11.3 Å². The molecule has 48 heavy (non-hydrogen) atoms. The summed E-state index contributed by atoms with van der Waals surface area (Å²) in [4.78, 5) is 45.7. The SMILES string of the molecule is CC1=C(/C=C/C(C)=C/C=C/C(C)=C/C(=O)NCCCCCCO[C@H]2C(O[P+](=O)O)[C@@H](CO)O[C@H]2C2C=CC(=O)NC2=O)C(C)(C)CCC1. The van der Waals surface area contributed by atoms with Crippen LogP contribution in [0.15, 0.2) is 70.9 Å². The minimum atomic E-state index is -3.02. The van der Waals surface area contributed by atoms with Gasteiger partial charge in [-0.05, 0) is 69.4 Å². The Hall–Kier alpha value is -3.05. The Morgan fingerprint density at radius 2 is 1.90 bits per heavy atom. The predicted molar refractivity (Wildman–Crippen MR) is 184 cm³/mol. The van der Waals surface area contributed by atoms with E-state index in [4.69, 9.17) is 14.0 Å². The molecule has 1 saturated heterocycles. The summed E-state index contributed by atoms with van der Waals surface area (Å²) in [5.41, 5.74) is 5.11. The highest BCUT2D eigenvalue weighted by Crippen LogP contribution is 2.41. The predicted octanol–water partition coefficient (Wildman–Crippen LogP) is 5.20. The Labute approximate surface area is 285 Å². The number of carbonyl (C=O) groups is 3. The number of unbranched alkanes of at least 4 members (excludes halogenated alkanes) is 3. The number of aliphatic hydroxyl groups excluding tert-OH is 1.